The number of carbonyl (C=O) groups is 2. The topological polar surface area (TPSA) is 84.7 Å². The average molecular weight is 425 g/mol. The molecule has 3 N–H and O–H groups in total. The summed E-state index contributed by atoms with van der Waals surface area (Å²) < 4.78 is 5.34. The van der Waals surface area contributed by atoms with Gasteiger partial charge in [0, 0.05) is 26.3 Å². The third-order valence-corrected chi connectivity index (χ3v) is 5.15. The number of nitrogens with zero attached hydrogens (tertiary/aromatic N) is 1. The van der Waals surface area contributed by atoms with E-state index in [1.165, 1.54) is 4.90 Å². The van der Waals surface area contributed by atoms with Gasteiger partial charge in [-0.05, 0) is 31.9 Å². The maximum absolute atomic E-state index is 13.0. The van der Waals surface area contributed by atoms with Crippen LogP contribution < -0.4 is 11.1 Å². The van der Waals surface area contributed by atoms with E-state index >= 15 is 0 Å². The first kappa shape index (κ1) is 23.0. The number of carbonyl (C=O) groups excluding carboxylic acids is 2. The fraction of sp³-hybridized carbons (Fsp3) is 0.529. The molecule has 1 aromatic rings. The highest BCUT2D eigenvalue weighted by Crippen LogP contribution is 2.32. The van der Waals surface area contributed by atoms with E-state index in [9.17, 15) is 9.59 Å². The zero-order valence-corrected chi connectivity index (χ0v) is 16.9. The standard InChI is InChI=1S/C17H23Cl2N3O3.ClH/c1-2-22(16(24)17(11-20)6-8-25-9-7-17)10-14(23)21-15-12(18)4-3-5-13(15)19;/h3-5H,2,6-11,20H2,1H3,(H,21,23);1H. The molecule has 0 aliphatic carbocycles. The highest BCUT2D eigenvalue weighted by atomic mass is 35.5. The third-order valence-electron chi connectivity index (χ3n) is 4.52. The van der Waals surface area contributed by atoms with Gasteiger partial charge in [-0.1, -0.05) is 29.3 Å². The van der Waals surface area contributed by atoms with Crippen molar-refractivity contribution in [1.82, 2.24) is 4.90 Å². The second kappa shape index (κ2) is 10.3. The second-order valence-electron chi connectivity index (χ2n) is 6.06. The lowest BCUT2D eigenvalue weighted by atomic mass is 9.79. The van der Waals surface area contributed by atoms with E-state index < -0.39 is 5.41 Å². The highest BCUT2D eigenvalue weighted by Gasteiger charge is 2.41. The van der Waals surface area contributed by atoms with Crippen LogP contribution in [0, 0.1) is 5.41 Å². The molecule has 1 saturated heterocycles. The average Bonchev–Trinajstić information content (AvgIpc) is 2.63. The molecule has 0 aromatic heterocycles. The molecular weight excluding hydrogens is 401 g/mol. The van der Waals surface area contributed by atoms with E-state index in [1.807, 2.05) is 6.92 Å². The Labute approximate surface area is 169 Å². The number of hydrogen-bond acceptors (Lipinski definition) is 4. The van der Waals surface area contributed by atoms with Crippen LogP contribution in [0.5, 0.6) is 0 Å². The fourth-order valence-corrected chi connectivity index (χ4v) is 3.39. The second-order valence-corrected chi connectivity index (χ2v) is 6.88. The predicted octanol–water partition coefficient (Wildman–Crippen LogP) is 2.96. The lowest BCUT2D eigenvalue weighted by Gasteiger charge is -2.38. The highest BCUT2D eigenvalue weighted by molar-refractivity contribution is 6.39. The van der Waals surface area contributed by atoms with Gasteiger partial charge in [-0.15, -0.1) is 12.4 Å². The van der Waals surface area contributed by atoms with Gasteiger partial charge in [-0.25, -0.2) is 0 Å². The van der Waals surface area contributed by atoms with Crippen LogP contribution >= 0.6 is 35.6 Å². The van der Waals surface area contributed by atoms with Crippen molar-refractivity contribution in [3.63, 3.8) is 0 Å². The monoisotopic (exact) mass is 423 g/mol. The molecule has 1 aliphatic heterocycles. The molecule has 0 spiro atoms. The van der Waals surface area contributed by atoms with E-state index in [2.05, 4.69) is 5.32 Å². The van der Waals surface area contributed by atoms with Gasteiger partial charge in [0.05, 0.1) is 27.7 Å². The van der Waals surface area contributed by atoms with E-state index in [-0.39, 0.29) is 37.3 Å². The van der Waals surface area contributed by atoms with Crippen LogP contribution in [0.4, 0.5) is 5.69 Å². The number of likely N-dealkylation sites (N-methyl/N-ethyl adjacent to an activating group) is 1. The molecule has 0 bridgehead atoms. The van der Waals surface area contributed by atoms with Gasteiger partial charge < -0.3 is 20.7 Å². The van der Waals surface area contributed by atoms with Crippen LogP contribution in [0.15, 0.2) is 18.2 Å². The first-order valence-electron chi connectivity index (χ1n) is 8.24. The van der Waals surface area contributed by atoms with Crippen molar-refractivity contribution in [2.75, 3.05) is 38.2 Å². The molecule has 1 aromatic carbocycles. The molecule has 2 rings (SSSR count). The summed E-state index contributed by atoms with van der Waals surface area (Å²) in [6.45, 7) is 3.40. The van der Waals surface area contributed by atoms with Crippen LogP contribution in [0.3, 0.4) is 0 Å². The SMILES string of the molecule is CCN(CC(=O)Nc1c(Cl)cccc1Cl)C(=O)C1(CN)CCOCC1.Cl. The summed E-state index contributed by atoms with van der Waals surface area (Å²) in [7, 11) is 0. The normalized spacial score (nSPS) is 15.7. The van der Waals surface area contributed by atoms with E-state index in [1.54, 1.807) is 18.2 Å². The first-order chi connectivity index (χ1) is 11.9. The van der Waals surface area contributed by atoms with Crippen molar-refractivity contribution in [3.05, 3.63) is 28.2 Å². The molecular formula is C17H24Cl3N3O3. The number of amides is 2. The minimum Gasteiger partial charge on any atom is -0.381 e. The van der Waals surface area contributed by atoms with Gasteiger partial charge in [0.25, 0.3) is 0 Å². The van der Waals surface area contributed by atoms with Gasteiger partial charge in [0.1, 0.15) is 0 Å². The Balaban J connectivity index is 0.00000338. The smallest absolute Gasteiger partial charge is 0.244 e. The zero-order valence-electron chi connectivity index (χ0n) is 14.6. The molecule has 0 atom stereocenters. The Morgan fingerprint density at radius 2 is 1.85 bits per heavy atom. The summed E-state index contributed by atoms with van der Waals surface area (Å²) in [5, 5.41) is 3.37. The summed E-state index contributed by atoms with van der Waals surface area (Å²) in [4.78, 5) is 26.9. The van der Waals surface area contributed by atoms with Gasteiger partial charge in [-0.3, -0.25) is 9.59 Å². The van der Waals surface area contributed by atoms with Gasteiger partial charge in [0.15, 0.2) is 0 Å². The molecule has 1 fully saturated rings. The number of anilines is 1. The van der Waals surface area contributed by atoms with Crippen molar-refractivity contribution in [2.45, 2.75) is 19.8 Å². The van der Waals surface area contributed by atoms with Crippen LogP contribution in [-0.4, -0.2) is 49.6 Å². The molecule has 0 radical (unpaired) electrons. The number of rotatable bonds is 6. The van der Waals surface area contributed by atoms with E-state index in [0.717, 1.165) is 0 Å². The van der Waals surface area contributed by atoms with Crippen molar-refractivity contribution < 1.29 is 14.3 Å². The number of hydrogen-bond donors (Lipinski definition) is 2. The Morgan fingerprint density at radius 3 is 2.35 bits per heavy atom. The Bertz CT molecular complexity index is 617. The molecule has 2 amide bonds. The summed E-state index contributed by atoms with van der Waals surface area (Å²) in [6, 6.07) is 4.97. The molecule has 6 nitrogen and oxygen atoms in total. The van der Waals surface area contributed by atoms with Crippen molar-refractivity contribution >= 4 is 53.1 Å². The van der Waals surface area contributed by atoms with Crippen molar-refractivity contribution in [1.29, 1.82) is 0 Å². The summed E-state index contributed by atoms with van der Waals surface area (Å²) in [6.07, 6.45) is 1.13. The number of nitrogens with two attached hydrogens (primary N) is 1. The van der Waals surface area contributed by atoms with Crippen molar-refractivity contribution in [3.8, 4) is 0 Å². The van der Waals surface area contributed by atoms with Crippen LogP contribution in [0.2, 0.25) is 10.0 Å². The molecule has 26 heavy (non-hydrogen) atoms. The zero-order chi connectivity index (χ0) is 18.4. The minimum absolute atomic E-state index is 0. The number of para-hydroxylation sites is 1. The fourth-order valence-electron chi connectivity index (χ4n) is 2.90. The summed E-state index contributed by atoms with van der Waals surface area (Å²) in [5.41, 5.74) is 5.58. The Hall–Kier alpha value is -1.05. The van der Waals surface area contributed by atoms with Crippen LogP contribution in [0.1, 0.15) is 19.8 Å². The largest absolute Gasteiger partial charge is 0.381 e. The Morgan fingerprint density at radius 1 is 1.27 bits per heavy atom. The van der Waals surface area contributed by atoms with Gasteiger partial charge in [-0.2, -0.15) is 0 Å². The molecule has 9 heteroatoms. The lowest BCUT2D eigenvalue weighted by molar-refractivity contribution is -0.148. The quantitative estimate of drug-likeness (QED) is 0.735. The minimum atomic E-state index is -0.656. The maximum Gasteiger partial charge on any atom is 0.244 e. The lowest BCUT2D eigenvalue weighted by Crippen LogP contribution is -2.52. The summed E-state index contributed by atoms with van der Waals surface area (Å²) >= 11 is 12.1. The van der Waals surface area contributed by atoms with Gasteiger partial charge >= 0.3 is 0 Å². The maximum atomic E-state index is 13.0. The van der Waals surface area contributed by atoms with Crippen LogP contribution in [0.25, 0.3) is 0 Å². The number of ether oxygens (including phenoxy) is 1. The molecule has 0 unspecified atom stereocenters. The number of nitrogens with one attached hydrogen (secondary N) is 1. The van der Waals surface area contributed by atoms with Crippen molar-refractivity contribution in [2.24, 2.45) is 11.1 Å². The molecule has 0 saturated carbocycles. The number of benzene rings is 1. The Kier molecular flexibility index (Phi) is 9.13. The predicted molar refractivity (Wildman–Crippen MR) is 106 cm³/mol. The molecule has 146 valence electrons. The first-order valence-corrected chi connectivity index (χ1v) is 9.00. The summed E-state index contributed by atoms with van der Waals surface area (Å²) in [5.74, 6) is -0.467. The third kappa shape index (κ3) is 5.24. The van der Waals surface area contributed by atoms with E-state index in [4.69, 9.17) is 33.7 Å². The molecule has 1 heterocycles. The van der Waals surface area contributed by atoms with E-state index in [0.29, 0.717) is 48.3 Å². The molecule has 1 aliphatic rings. The van der Waals surface area contributed by atoms with Gasteiger partial charge in [0.2, 0.25) is 11.8 Å². The van der Waals surface area contributed by atoms with Crippen LogP contribution in [-0.2, 0) is 14.3 Å². The number of halogens is 3.